The molecule has 4 nitrogen and oxygen atoms in total. The van der Waals surface area contributed by atoms with Gasteiger partial charge in [0, 0.05) is 11.6 Å². The summed E-state index contributed by atoms with van der Waals surface area (Å²) in [6, 6.07) is 8.10. The molecule has 0 heterocycles. The summed E-state index contributed by atoms with van der Waals surface area (Å²) in [5.74, 6) is 0.0490. The lowest BCUT2D eigenvalue weighted by molar-refractivity contribution is 0.101. The molecule has 0 spiro atoms. The summed E-state index contributed by atoms with van der Waals surface area (Å²) in [6.45, 7) is 0.738. The van der Waals surface area contributed by atoms with Gasteiger partial charge in [-0.15, -0.1) is 0 Å². The molecule has 0 atom stereocenters. The van der Waals surface area contributed by atoms with Gasteiger partial charge in [0.25, 0.3) is 5.91 Å². The standard InChI is InChI=1S/C16H13BrCl3NO3/c1-23-4-5-24-15-3-2-9(17)6-10(15)16(22)21-14-8-12(19)11(18)7-13(14)20/h2-3,6-8H,4-5H2,1H3,(H,21,22). The van der Waals surface area contributed by atoms with E-state index >= 15 is 0 Å². The number of benzene rings is 2. The molecule has 8 heteroatoms. The van der Waals surface area contributed by atoms with Crippen LogP contribution in [0.2, 0.25) is 15.1 Å². The molecule has 0 saturated heterocycles. The largest absolute Gasteiger partial charge is 0.490 e. The predicted octanol–water partition coefficient (Wildman–Crippen LogP) is 5.69. The van der Waals surface area contributed by atoms with Gasteiger partial charge in [0.15, 0.2) is 0 Å². The zero-order valence-corrected chi connectivity index (χ0v) is 16.4. The smallest absolute Gasteiger partial charge is 0.259 e. The molecule has 0 unspecified atom stereocenters. The van der Waals surface area contributed by atoms with Crippen LogP contribution in [0.4, 0.5) is 5.69 Å². The Morgan fingerprint density at radius 3 is 2.50 bits per heavy atom. The maximum Gasteiger partial charge on any atom is 0.259 e. The van der Waals surface area contributed by atoms with Crippen molar-refractivity contribution in [2.75, 3.05) is 25.6 Å². The van der Waals surface area contributed by atoms with Crippen molar-refractivity contribution in [1.82, 2.24) is 0 Å². The molecule has 0 aliphatic carbocycles. The lowest BCUT2D eigenvalue weighted by Crippen LogP contribution is -2.15. The minimum atomic E-state index is -0.385. The van der Waals surface area contributed by atoms with Crippen LogP contribution < -0.4 is 10.1 Å². The maximum absolute atomic E-state index is 12.6. The number of methoxy groups -OCH3 is 1. The van der Waals surface area contributed by atoms with Gasteiger partial charge in [-0.1, -0.05) is 50.7 Å². The predicted molar refractivity (Wildman–Crippen MR) is 101 cm³/mol. The van der Waals surface area contributed by atoms with Crippen molar-refractivity contribution in [2.24, 2.45) is 0 Å². The molecule has 24 heavy (non-hydrogen) atoms. The van der Waals surface area contributed by atoms with Crippen LogP contribution in [0.5, 0.6) is 5.75 Å². The van der Waals surface area contributed by atoms with Crippen LogP contribution in [-0.4, -0.2) is 26.2 Å². The van der Waals surface area contributed by atoms with Crippen molar-refractivity contribution in [1.29, 1.82) is 0 Å². The highest BCUT2D eigenvalue weighted by atomic mass is 79.9. The summed E-state index contributed by atoms with van der Waals surface area (Å²) in [6.07, 6.45) is 0. The van der Waals surface area contributed by atoms with Crippen molar-refractivity contribution in [2.45, 2.75) is 0 Å². The molecular formula is C16H13BrCl3NO3. The molecule has 1 N–H and O–H groups in total. The first-order chi connectivity index (χ1) is 11.4. The first kappa shape index (κ1) is 19.3. The minimum absolute atomic E-state index is 0.287. The van der Waals surface area contributed by atoms with E-state index in [4.69, 9.17) is 44.3 Å². The lowest BCUT2D eigenvalue weighted by atomic mass is 10.2. The van der Waals surface area contributed by atoms with E-state index < -0.39 is 0 Å². The number of hydrogen-bond acceptors (Lipinski definition) is 3. The summed E-state index contributed by atoms with van der Waals surface area (Å²) in [7, 11) is 1.57. The van der Waals surface area contributed by atoms with Crippen LogP contribution in [0, 0.1) is 0 Å². The van der Waals surface area contributed by atoms with E-state index in [-0.39, 0.29) is 10.9 Å². The van der Waals surface area contributed by atoms with E-state index in [1.807, 2.05) is 0 Å². The molecule has 0 radical (unpaired) electrons. The Bertz CT molecular complexity index is 756. The van der Waals surface area contributed by atoms with Crippen molar-refractivity contribution in [3.8, 4) is 5.75 Å². The molecule has 128 valence electrons. The molecule has 0 bridgehead atoms. The average Bonchev–Trinajstić information content (AvgIpc) is 2.54. The fraction of sp³-hybridized carbons (Fsp3) is 0.188. The van der Waals surface area contributed by atoms with E-state index in [9.17, 15) is 4.79 Å². The van der Waals surface area contributed by atoms with Crippen LogP contribution in [-0.2, 0) is 4.74 Å². The molecule has 2 aromatic rings. The molecule has 0 saturated carbocycles. The first-order valence-corrected chi connectivity index (χ1v) is 8.72. The minimum Gasteiger partial charge on any atom is -0.490 e. The van der Waals surface area contributed by atoms with Crippen LogP contribution >= 0.6 is 50.7 Å². The fourth-order valence-electron chi connectivity index (χ4n) is 1.85. The Morgan fingerprint density at radius 1 is 1.08 bits per heavy atom. The van der Waals surface area contributed by atoms with Crippen LogP contribution in [0.3, 0.4) is 0 Å². The Morgan fingerprint density at radius 2 is 1.79 bits per heavy atom. The summed E-state index contributed by atoms with van der Waals surface area (Å²) >= 11 is 21.3. The van der Waals surface area contributed by atoms with Crippen LogP contribution in [0.15, 0.2) is 34.8 Å². The number of hydrogen-bond donors (Lipinski definition) is 1. The molecule has 2 aromatic carbocycles. The molecule has 2 rings (SSSR count). The molecule has 0 aliphatic heterocycles. The van der Waals surface area contributed by atoms with E-state index in [2.05, 4.69) is 21.2 Å². The second-order valence-electron chi connectivity index (χ2n) is 4.68. The van der Waals surface area contributed by atoms with E-state index in [1.165, 1.54) is 12.1 Å². The van der Waals surface area contributed by atoms with Crippen molar-refractivity contribution >= 4 is 62.3 Å². The highest BCUT2D eigenvalue weighted by Crippen LogP contribution is 2.33. The Kier molecular flexibility index (Phi) is 7.19. The molecule has 0 fully saturated rings. The van der Waals surface area contributed by atoms with Crippen LogP contribution in [0.25, 0.3) is 0 Å². The van der Waals surface area contributed by atoms with Gasteiger partial charge in [-0.05, 0) is 30.3 Å². The molecule has 0 aliphatic rings. The number of ether oxygens (including phenoxy) is 2. The van der Waals surface area contributed by atoms with Crippen molar-refractivity contribution < 1.29 is 14.3 Å². The highest BCUT2D eigenvalue weighted by molar-refractivity contribution is 9.10. The average molecular weight is 454 g/mol. The van der Waals surface area contributed by atoms with Gasteiger partial charge in [0.05, 0.1) is 32.9 Å². The topological polar surface area (TPSA) is 47.6 Å². The normalized spacial score (nSPS) is 10.5. The first-order valence-electron chi connectivity index (χ1n) is 6.79. The van der Waals surface area contributed by atoms with E-state index in [0.717, 1.165) is 4.47 Å². The van der Waals surface area contributed by atoms with Gasteiger partial charge in [-0.25, -0.2) is 0 Å². The van der Waals surface area contributed by atoms with Crippen molar-refractivity contribution in [3.05, 3.63) is 55.4 Å². The van der Waals surface area contributed by atoms with Gasteiger partial charge in [0.2, 0.25) is 0 Å². The summed E-state index contributed by atoms with van der Waals surface area (Å²) in [5.41, 5.74) is 0.710. The number of amides is 1. The number of halogens is 4. The van der Waals surface area contributed by atoms with Crippen LogP contribution in [0.1, 0.15) is 10.4 Å². The van der Waals surface area contributed by atoms with Gasteiger partial charge < -0.3 is 14.8 Å². The number of carbonyl (C=O) groups excluding carboxylic acids is 1. The number of rotatable bonds is 6. The van der Waals surface area contributed by atoms with Gasteiger partial charge >= 0.3 is 0 Å². The third-order valence-corrected chi connectivity index (χ3v) is 4.52. The number of nitrogens with one attached hydrogen (secondary N) is 1. The Hall–Kier alpha value is -0.980. The number of carbonyl (C=O) groups is 1. The lowest BCUT2D eigenvalue weighted by Gasteiger charge is -2.13. The fourth-order valence-corrected chi connectivity index (χ4v) is 2.80. The Labute approximate surface area is 163 Å². The van der Waals surface area contributed by atoms with Gasteiger partial charge in [-0.2, -0.15) is 0 Å². The SMILES string of the molecule is COCCOc1ccc(Br)cc1C(=O)Nc1cc(Cl)c(Cl)cc1Cl. The summed E-state index contributed by atoms with van der Waals surface area (Å²) in [4.78, 5) is 12.6. The van der Waals surface area contributed by atoms with Gasteiger partial charge in [-0.3, -0.25) is 4.79 Å². The van der Waals surface area contributed by atoms with E-state index in [0.29, 0.717) is 40.3 Å². The second kappa shape index (κ2) is 8.92. The number of anilines is 1. The zero-order chi connectivity index (χ0) is 17.7. The zero-order valence-electron chi connectivity index (χ0n) is 12.5. The monoisotopic (exact) mass is 451 g/mol. The Balaban J connectivity index is 2.26. The highest BCUT2D eigenvalue weighted by Gasteiger charge is 2.16. The van der Waals surface area contributed by atoms with Gasteiger partial charge in [0.1, 0.15) is 12.4 Å². The third kappa shape index (κ3) is 5.01. The summed E-state index contributed by atoms with van der Waals surface area (Å²) in [5, 5.41) is 3.60. The molecule has 0 aromatic heterocycles. The van der Waals surface area contributed by atoms with E-state index in [1.54, 1.807) is 25.3 Å². The quantitative estimate of drug-likeness (QED) is 0.452. The maximum atomic E-state index is 12.6. The molecule has 1 amide bonds. The molecular weight excluding hydrogens is 440 g/mol. The summed E-state index contributed by atoms with van der Waals surface area (Å²) < 4.78 is 11.3. The third-order valence-electron chi connectivity index (χ3n) is 2.99. The second-order valence-corrected chi connectivity index (χ2v) is 6.82. The van der Waals surface area contributed by atoms with Crippen molar-refractivity contribution in [3.63, 3.8) is 0 Å².